The van der Waals surface area contributed by atoms with Crippen LogP contribution in [0.1, 0.15) is 93.9 Å². The van der Waals surface area contributed by atoms with Gasteiger partial charge in [-0.3, -0.25) is 14.6 Å². The van der Waals surface area contributed by atoms with Crippen molar-refractivity contribution in [1.82, 2.24) is 0 Å². The van der Waals surface area contributed by atoms with Gasteiger partial charge in [0, 0.05) is 29.4 Å². The number of esters is 1. The first-order valence-electron chi connectivity index (χ1n) is 18.0. The molecule has 0 bridgehead atoms. The van der Waals surface area contributed by atoms with E-state index >= 15 is 0 Å². The maximum absolute atomic E-state index is 14.0. The van der Waals surface area contributed by atoms with Crippen molar-refractivity contribution in [3.8, 4) is 17.2 Å². The van der Waals surface area contributed by atoms with Gasteiger partial charge < -0.3 is 34.3 Å². The number of ether oxygens (including phenoxy) is 4. The Bertz CT molecular complexity index is 1960. The van der Waals surface area contributed by atoms with Crippen LogP contribution in [0.5, 0.6) is 17.2 Å². The molecular formula is C40H45NO10. The van der Waals surface area contributed by atoms with Crippen molar-refractivity contribution < 1.29 is 48.7 Å². The molecule has 0 radical (unpaired) electrons. The van der Waals surface area contributed by atoms with Gasteiger partial charge in [-0.25, -0.2) is 4.79 Å². The number of ketones is 1. The predicted octanol–water partition coefficient (Wildman–Crippen LogP) is 3.30. The number of aliphatic hydroxyl groups excluding tert-OH is 2. The summed E-state index contributed by atoms with van der Waals surface area (Å²) in [6.45, 7) is 4.57. The number of carbonyl (C=O) groups is 3. The zero-order valence-corrected chi connectivity index (χ0v) is 29.3. The smallest absolute Gasteiger partial charge is 0.375 e. The number of benzene rings is 2. The molecule has 5 aliphatic rings. The van der Waals surface area contributed by atoms with Crippen LogP contribution in [-0.2, 0) is 32.1 Å². The number of aldehydes is 1. The lowest BCUT2D eigenvalue weighted by molar-refractivity contribution is -0.141. The van der Waals surface area contributed by atoms with Gasteiger partial charge in [0.25, 0.3) is 0 Å². The summed E-state index contributed by atoms with van der Waals surface area (Å²) < 4.78 is 25.0. The molecule has 11 nitrogen and oxygen atoms in total. The average molecular weight is 700 g/mol. The van der Waals surface area contributed by atoms with E-state index in [1.165, 1.54) is 0 Å². The Labute approximate surface area is 296 Å². The molecule has 2 aromatic rings. The molecule has 0 saturated heterocycles. The minimum Gasteiger partial charge on any atom is -0.489 e. The van der Waals surface area contributed by atoms with E-state index in [4.69, 9.17) is 18.9 Å². The Kier molecular flexibility index (Phi) is 9.64. The summed E-state index contributed by atoms with van der Waals surface area (Å²) in [7, 11) is 0. The molecule has 3 aliphatic heterocycles. The summed E-state index contributed by atoms with van der Waals surface area (Å²) >= 11 is 0. The fourth-order valence-corrected chi connectivity index (χ4v) is 8.17. The van der Waals surface area contributed by atoms with E-state index in [9.17, 15) is 29.7 Å². The average Bonchev–Trinajstić information content (AvgIpc) is 3.79. The molecule has 0 amide bonds. The van der Waals surface area contributed by atoms with Gasteiger partial charge in [-0.2, -0.15) is 0 Å². The van der Waals surface area contributed by atoms with Crippen LogP contribution in [-0.4, -0.2) is 70.9 Å². The molecule has 270 valence electrons. The topological polar surface area (TPSA) is 161 Å². The molecule has 3 heterocycles. The van der Waals surface area contributed by atoms with E-state index in [1.807, 2.05) is 24.3 Å². The number of Topliss-reactive ketones (excluding diaryl/α,β-unsaturated/α-hetero) is 1. The molecular weight excluding hydrogens is 654 g/mol. The van der Waals surface area contributed by atoms with Crippen LogP contribution < -0.4 is 24.8 Å². The minimum absolute atomic E-state index is 0.0187. The first-order valence-corrected chi connectivity index (χ1v) is 18.0. The van der Waals surface area contributed by atoms with Gasteiger partial charge in [0.1, 0.15) is 29.1 Å². The summed E-state index contributed by atoms with van der Waals surface area (Å²) in [6, 6.07) is 5.73. The van der Waals surface area contributed by atoms with Crippen LogP contribution in [0.15, 0.2) is 40.1 Å². The molecule has 0 spiro atoms. The highest BCUT2D eigenvalue weighted by molar-refractivity contribution is 6.11. The lowest BCUT2D eigenvalue weighted by Gasteiger charge is -2.35. The largest absolute Gasteiger partial charge is 0.489 e. The Hall–Kier alpha value is -4.32. The van der Waals surface area contributed by atoms with Crippen LogP contribution in [0.2, 0.25) is 0 Å². The molecule has 2 aliphatic carbocycles. The summed E-state index contributed by atoms with van der Waals surface area (Å²) in [5.74, 6) is -1.95. The standard InChI is InChI=1S/C40H45NO10/c1-4-48-39(46)38-28(19-43)32(23-15-24(18-42)34(45)26(16-23)21-10-11-30-22(14-21)12-13-41-30)33-36(49-25-8-6-5-7-9-25)27-17-31(40(2,3)47)50-35(27)29(20-44)37(33)51-38/h10-12,14,19,24-26,31,42,44,47H,4-9,13,15-18,20H2,1-3H3. The van der Waals surface area contributed by atoms with E-state index in [0.717, 1.165) is 48.2 Å². The predicted molar refractivity (Wildman–Crippen MR) is 186 cm³/mol. The van der Waals surface area contributed by atoms with Crippen LogP contribution in [0.4, 0.5) is 0 Å². The third kappa shape index (κ3) is 6.29. The molecule has 2 aromatic carbocycles. The Morgan fingerprint density at radius 3 is 2.57 bits per heavy atom. The number of fused-ring (bicyclic) bond motifs is 3. The van der Waals surface area contributed by atoms with Crippen LogP contribution >= 0.6 is 0 Å². The SMILES string of the molecule is CCOC(=O)C1=C(C=O)C(=C2CC(CO)C(=O)C(c3ccc4c(c3)=CCN=4)C2)c2c(c(CO)c3c(c2OC2CCCCC2)CC(C(C)(C)O)O3)O1. The van der Waals surface area contributed by atoms with Crippen molar-refractivity contribution in [3.05, 3.63) is 67.9 Å². The highest BCUT2D eigenvalue weighted by atomic mass is 16.6. The maximum Gasteiger partial charge on any atom is 0.375 e. The third-order valence-electron chi connectivity index (χ3n) is 10.8. The van der Waals surface area contributed by atoms with Crippen molar-refractivity contribution in [2.75, 3.05) is 19.8 Å². The third-order valence-corrected chi connectivity index (χ3v) is 10.8. The van der Waals surface area contributed by atoms with Gasteiger partial charge in [0.05, 0.1) is 60.1 Å². The van der Waals surface area contributed by atoms with E-state index in [0.29, 0.717) is 46.6 Å². The second-order valence-corrected chi connectivity index (χ2v) is 14.6. The molecule has 0 aromatic heterocycles. The first-order chi connectivity index (χ1) is 24.6. The Morgan fingerprint density at radius 1 is 1.10 bits per heavy atom. The fraction of sp³-hybridized carbons (Fsp3) is 0.500. The zero-order chi connectivity index (χ0) is 36.0. The number of aliphatic hydroxyl groups is 3. The lowest BCUT2D eigenvalue weighted by atomic mass is 9.71. The summed E-state index contributed by atoms with van der Waals surface area (Å²) in [6.07, 6.45) is 6.97. The summed E-state index contributed by atoms with van der Waals surface area (Å²) in [5.41, 5.74) is 1.73. The fourth-order valence-electron chi connectivity index (χ4n) is 8.17. The molecule has 51 heavy (non-hydrogen) atoms. The van der Waals surface area contributed by atoms with Gasteiger partial charge in [-0.15, -0.1) is 0 Å². The molecule has 2 saturated carbocycles. The van der Waals surface area contributed by atoms with E-state index in [1.54, 1.807) is 20.8 Å². The number of rotatable bonds is 9. The van der Waals surface area contributed by atoms with Crippen molar-refractivity contribution in [1.29, 1.82) is 0 Å². The normalized spacial score (nSPS) is 24.4. The van der Waals surface area contributed by atoms with Crippen molar-refractivity contribution in [2.24, 2.45) is 10.9 Å². The van der Waals surface area contributed by atoms with Crippen LogP contribution in [0, 0.1) is 5.92 Å². The molecule has 3 atom stereocenters. The van der Waals surface area contributed by atoms with E-state index < -0.39 is 42.7 Å². The van der Waals surface area contributed by atoms with Crippen LogP contribution in [0.3, 0.4) is 0 Å². The lowest BCUT2D eigenvalue weighted by Crippen LogP contribution is -2.39. The quantitative estimate of drug-likeness (QED) is 0.262. The number of allylic oxidation sites excluding steroid dienone is 3. The van der Waals surface area contributed by atoms with E-state index in [-0.39, 0.29) is 60.4 Å². The zero-order valence-electron chi connectivity index (χ0n) is 29.3. The van der Waals surface area contributed by atoms with Gasteiger partial charge >= 0.3 is 5.97 Å². The number of hydrogen-bond acceptors (Lipinski definition) is 11. The highest BCUT2D eigenvalue weighted by Crippen LogP contribution is 2.57. The molecule has 2 fully saturated rings. The first kappa shape index (κ1) is 35.1. The second kappa shape index (κ2) is 14.0. The van der Waals surface area contributed by atoms with Gasteiger partial charge in [0.15, 0.2) is 6.29 Å². The van der Waals surface area contributed by atoms with Crippen molar-refractivity contribution in [3.63, 3.8) is 0 Å². The highest BCUT2D eigenvalue weighted by Gasteiger charge is 2.46. The molecule has 7 rings (SSSR count). The maximum atomic E-state index is 14.0. The molecule has 3 unspecified atom stereocenters. The van der Waals surface area contributed by atoms with Crippen molar-refractivity contribution >= 4 is 29.7 Å². The monoisotopic (exact) mass is 699 g/mol. The Balaban J connectivity index is 1.51. The molecule has 3 N–H and O–H groups in total. The van der Waals surface area contributed by atoms with Crippen molar-refractivity contribution in [2.45, 2.75) is 102 Å². The second-order valence-electron chi connectivity index (χ2n) is 14.6. The summed E-state index contributed by atoms with van der Waals surface area (Å²) in [4.78, 5) is 45.2. The minimum atomic E-state index is -1.26. The van der Waals surface area contributed by atoms with Gasteiger partial charge in [0.2, 0.25) is 5.76 Å². The molecule has 11 heteroatoms. The number of nitrogens with zero attached hydrogens (tertiary/aromatic N) is 1. The number of hydrogen-bond donors (Lipinski definition) is 3. The van der Waals surface area contributed by atoms with Gasteiger partial charge in [-0.1, -0.05) is 24.1 Å². The Morgan fingerprint density at radius 2 is 1.88 bits per heavy atom. The van der Waals surface area contributed by atoms with E-state index in [2.05, 4.69) is 4.99 Å². The van der Waals surface area contributed by atoms with Gasteiger partial charge in [-0.05, 0) is 82.2 Å². The summed E-state index contributed by atoms with van der Waals surface area (Å²) in [5, 5.41) is 34.3. The van der Waals surface area contributed by atoms with Crippen LogP contribution in [0.25, 0.3) is 11.6 Å². The number of carbonyl (C=O) groups excluding carboxylic acids is 3.